The molecule has 2 nitrogen and oxygen atoms in total. The number of aliphatic hydroxyl groups excluding tert-OH is 1. The monoisotopic (exact) mass is 275 g/mol. The van der Waals surface area contributed by atoms with Gasteiger partial charge in [0.1, 0.15) is 6.10 Å². The van der Waals surface area contributed by atoms with Gasteiger partial charge in [-0.05, 0) is 35.4 Å². The number of para-hydroxylation sites is 1. The van der Waals surface area contributed by atoms with Gasteiger partial charge in [0.25, 0.3) is 0 Å². The van der Waals surface area contributed by atoms with Crippen LogP contribution in [-0.4, -0.2) is 5.11 Å². The third-order valence-electron chi connectivity index (χ3n) is 3.40. The van der Waals surface area contributed by atoms with E-state index in [1.165, 1.54) is 0 Å². The van der Waals surface area contributed by atoms with Crippen molar-refractivity contribution in [1.29, 1.82) is 0 Å². The average Bonchev–Trinajstić information content (AvgIpc) is 2.57. The molecular formula is C19H17NO. The standard InChI is InChI=1S/C19H17NO/c21-19(15-7-3-1-4-8-15)16-11-13-18(14-12-16)20-17-9-5-2-6-10-17/h1-14,19-21H/t19-/m1/s1. The normalized spacial score (nSPS) is 11.9. The molecule has 0 fully saturated rings. The van der Waals surface area contributed by atoms with Crippen LogP contribution in [0.1, 0.15) is 17.2 Å². The van der Waals surface area contributed by atoms with E-state index in [-0.39, 0.29) is 0 Å². The highest BCUT2D eigenvalue weighted by molar-refractivity contribution is 5.59. The van der Waals surface area contributed by atoms with Gasteiger partial charge in [-0.25, -0.2) is 0 Å². The van der Waals surface area contributed by atoms with Crippen LogP contribution in [-0.2, 0) is 0 Å². The van der Waals surface area contributed by atoms with E-state index in [0.29, 0.717) is 0 Å². The molecule has 0 bridgehead atoms. The van der Waals surface area contributed by atoms with E-state index in [1.54, 1.807) is 0 Å². The van der Waals surface area contributed by atoms with E-state index < -0.39 is 6.10 Å². The van der Waals surface area contributed by atoms with Crippen LogP contribution in [0.5, 0.6) is 0 Å². The first-order valence-corrected chi connectivity index (χ1v) is 6.98. The molecule has 2 heteroatoms. The summed E-state index contributed by atoms with van der Waals surface area (Å²) in [6.07, 6.45) is -0.586. The van der Waals surface area contributed by atoms with Crippen LogP contribution >= 0.6 is 0 Å². The Morgan fingerprint density at radius 1 is 0.571 bits per heavy atom. The van der Waals surface area contributed by atoms with E-state index in [2.05, 4.69) is 5.32 Å². The topological polar surface area (TPSA) is 32.3 Å². The summed E-state index contributed by atoms with van der Waals surface area (Å²) in [5, 5.41) is 13.7. The summed E-state index contributed by atoms with van der Waals surface area (Å²) in [6, 6.07) is 27.6. The highest BCUT2D eigenvalue weighted by Gasteiger charge is 2.09. The second-order valence-electron chi connectivity index (χ2n) is 4.93. The molecule has 0 amide bonds. The Morgan fingerprint density at radius 2 is 1.05 bits per heavy atom. The maximum atomic E-state index is 10.4. The quantitative estimate of drug-likeness (QED) is 0.734. The number of aliphatic hydroxyl groups is 1. The summed E-state index contributed by atoms with van der Waals surface area (Å²) < 4.78 is 0. The zero-order valence-electron chi connectivity index (χ0n) is 11.6. The second-order valence-corrected chi connectivity index (χ2v) is 4.93. The number of benzene rings is 3. The molecule has 1 atom stereocenters. The van der Waals surface area contributed by atoms with Crippen LogP contribution in [0.25, 0.3) is 0 Å². The minimum Gasteiger partial charge on any atom is -0.384 e. The van der Waals surface area contributed by atoms with Gasteiger partial charge in [-0.15, -0.1) is 0 Å². The van der Waals surface area contributed by atoms with Gasteiger partial charge in [0, 0.05) is 11.4 Å². The van der Waals surface area contributed by atoms with Crippen LogP contribution < -0.4 is 5.32 Å². The number of hydrogen-bond donors (Lipinski definition) is 2. The van der Waals surface area contributed by atoms with Crippen molar-refractivity contribution in [2.24, 2.45) is 0 Å². The third kappa shape index (κ3) is 3.30. The Morgan fingerprint density at radius 3 is 1.67 bits per heavy atom. The molecule has 3 aromatic carbocycles. The molecule has 0 aromatic heterocycles. The molecule has 0 radical (unpaired) electrons. The van der Waals surface area contributed by atoms with Crippen LogP contribution in [0.2, 0.25) is 0 Å². The molecule has 2 N–H and O–H groups in total. The van der Waals surface area contributed by atoms with Gasteiger partial charge in [-0.3, -0.25) is 0 Å². The first-order valence-electron chi connectivity index (χ1n) is 6.98. The minimum absolute atomic E-state index is 0.586. The number of anilines is 2. The summed E-state index contributed by atoms with van der Waals surface area (Å²) >= 11 is 0. The Labute approximate surface area is 124 Å². The van der Waals surface area contributed by atoms with Crippen LogP contribution in [0.3, 0.4) is 0 Å². The van der Waals surface area contributed by atoms with Crippen LogP contribution in [0.15, 0.2) is 84.9 Å². The van der Waals surface area contributed by atoms with Crippen molar-refractivity contribution in [3.05, 3.63) is 96.1 Å². The van der Waals surface area contributed by atoms with Crippen molar-refractivity contribution in [2.75, 3.05) is 5.32 Å². The molecule has 0 spiro atoms. The number of rotatable bonds is 4. The summed E-state index contributed by atoms with van der Waals surface area (Å²) in [7, 11) is 0. The summed E-state index contributed by atoms with van der Waals surface area (Å²) in [5.74, 6) is 0. The zero-order valence-corrected chi connectivity index (χ0v) is 11.6. The summed E-state index contributed by atoms with van der Waals surface area (Å²) in [4.78, 5) is 0. The molecule has 0 aliphatic rings. The van der Waals surface area contributed by atoms with Gasteiger partial charge < -0.3 is 10.4 Å². The Hall–Kier alpha value is -2.58. The van der Waals surface area contributed by atoms with Gasteiger partial charge in [0.2, 0.25) is 0 Å². The van der Waals surface area contributed by atoms with Gasteiger partial charge in [0.15, 0.2) is 0 Å². The average molecular weight is 275 g/mol. The third-order valence-corrected chi connectivity index (χ3v) is 3.40. The molecule has 0 saturated carbocycles. The lowest BCUT2D eigenvalue weighted by molar-refractivity contribution is 0.220. The van der Waals surface area contributed by atoms with Crippen molar-refractivity contribution in [1.82, 2.24) is 0 Å². The molecule has 21 heavy (non-hydrogen) atoms. The fourth-order valence-electron chi connectivity index (χ4n) is 2.26. The van der Waals surface area contributed by atoms with Gasteiger partial charge in [-0.1, -0.05) is 60.7 Å². The molecule has 0 aliphatic carbocycles. The molecule has 0 heterocycles. The van der Waals surface area contributed by atoms with E-state index in [0.717, 1.165) is 22.5 Å². The van der Waals surface area contributed by atoms with Crippen molar-refractivity contribution >= 4 is 11.4 Å². The van der Waals surface area contributed by atoms with Crippen molar-refractivity contribution in [3.63, 3.8) is 0 Å². The van der Waals surface area contributed by atoms with Crippen LogP contribution in [0.4, 0.5) is 11.4 Å². The fourth-order valence-corrected chi connectivity index (χ4v) is 2.26. The Balaban J connectivity index is 1.75. The predicted molar refractivity (Wildman–Crippen MR) is 86.7 cm³/mol. The first-order chi connectivity index (χ1) is 10.3. The second kappa shape index (κ2) is 6.25. The van der Waals surface area contributed by atoms with E-state index in [4.69, 9.17) is 0 Å². The number of hydrogen-bond acceptors (Lipinski definition) is 2. The largest absolute Gasteiger partial charge is 0.384 e. The van der Waals surface area contributed by atoms with Gasteiger partial charge in [0.05, 0.1) is 0 Å². The van der Waals surface area contributed by atoms with Crippen molar-refractivity contribution in [2.45, 2.75) is 6.10 Å². The molecule has 0 unspecified atom stereocenters. The molecule has 0 aliphatic heterocycles. The highest BCUT2D eigenvalue weighted by Crippen LogP contribution is 2.24. The predicted octanol–water partition coefficient (Wildman–Crippen LogP) is 4.51. The first kappa shape index (κ1) is 13.4. The maximum Gasteiger partial charge on any atom is 0.104 e. The SMILES string of the molecule is O[C@H](c1ccccc1)c1ccc(Nc2ccccc2)cc1. The van der Waals surface area contributed by atoms with E-state index in [9.17, 15) is 5.11 Å². The smallest absolute Gasteiger partial charge is 0.104 e. The Bertz CT molecular complexity index is 678. The summed E-state index contributed by atoms with van der Waals surface area (Å²) in [6.45, 7) is 0. The van der Waals surface area contributed by atoms with Crippen molar-refractivity contribution < 1.29 is 5.11 Å². The Kier molecular flexibility index (Phi) is 3.99. The van der Waals surface area contributed by atoms with Gasteiger partial charge in [-0.2, -0.15) is 0 Å². The molecule has 0 saturated heterocycles. The molecule has 104 valence electrons. The maximum absolute atomic E-state index is 10.4. The zero-order chi connectivity index (χ0) is 14.5. The summed E-state index contributed by atoms with van der Waals surface area (Å²) in [5.41, 5.74) is 3.85. The molecule has 3 aromatic rings. The van der Waals surface area contributed by atoms with Crippen molar-refractivity contribution in [3.8, 4) is 0 Å². The highest BCUT2D eigenvalue weighted by atomic mass is 16.3. The van der Waals surface area contributed by atoms with Gasteiger partial charge >= 0.3 is 0 Å². The van der Waals surface area contributed by atoms with Crippen LogP contribution in [0, 0.1) is 0 Å². The molecular weight excluding hydrogens is 258 g/mol. The lowest BCUT2D eigenvalue weighted by Gasteiger charge is -2.12. The lowest BCUT2D eigenvalue weighted by atomic mass is 10.0. The van der Waals surface area contributed by atoms with E-state index >= 15 is 0 Å². The fraction of sp³-hybridized carbons (Fsp3) is 0.0526. The lowest BCUT2D eigenvalue weighted by Crippen LogP contribution is -1.99. The number of nitrogens with one attached hydrogen (secondary N) is 1. The minimum atomic E-state index is -0.586. The van der Waals surface area contributed by atoms with E-state index in [1.807, 2.05) is 84.9 Å². The molecule has 3 rings (SSSR count).